The Hall–Kier alpha value is -1.56. The molecule has 17 heavy (non-hydrogen) atoms. The molecule has 6 heteroatoms. The summed E-state index contributed by atoms with van der Waals surface area (Å²) in [4.78, 5) is 27.9. The van der Waals surface area contributed by atoms with Gasteiger partial charge in [-0.3, -0.25) is 14.6 Å². The molecule has 0 spiro atoms. The lowest BCUT2D eigenvalue weighted by Gasteiger charge is -2.33. The van der Waals surface area contributed by atoms with Gasteiger partial charge in [0, 0.05) is 30.1 Å². The van der Waals surface area contributed by atoms with E-state index in [1.54, 1.807) is 30.2 Å². The number of hydrogen-bond acceptors (Lipinski definition) is 4. The predicted octanol–water partition coefficient (Wildman–Crippen LogP) is 1.13. The van der Waals surface area contributed by atoms with Crippen LogP contribution in [-0.2, 0) is 9.59 Å². The highest BCUT2D eigenvalue weighted by Crippen LogP contribution is 2.36. The van der Waals surface area contributed by atoms with Crippen LogP contribution in [0.15, 0.2) is 24.5 Å². The molecular formula is C11H12N2O3S. The number of carbonyl (C=O) groups is 2. The number of aliphatic carboxylic acids is 1. The third kappa shape index (κ3) is 2.76. The maximum absolute atomic E-state index is 11.7. The number of carbonyl (C=O) groups excluding carboxylic acids is 1. The maximum Gasteiger partial charge on any atom is 0.323 e. The first-order chi connectivity index (χ1) is 8.18. The van der Waals surface area contributed by atoms with Crippen LogP contribution in [0, 0.1) is 0 Å². The molecule has 1 aromatic heterocycles. The first-order valence-electron chi connectivity index (χ1n) is 5.21. The van der Waals surface area contributed by atoms with Gasteiger partial charge in [-0.1, -0.05) is 6.07 Å². The number of pyridine rings is 1. The fraction of sp³-hybridized carbons (Fsp3) is 0.364. The summed E-state index contributed by atoms with van der Waals surface area (Å²) in [6.45, 7) is -0.259. The van der Waals surface area contributed by atoms with E-state index in [1.807, 2.05) is 6.07 Å². The van der Waals surface area contributed by atoms with Crippen molar-refractivity contribution >= 4 is 23.6 Å². The van der Waals surface area contributed by atoms with Crippen LogP contribution in [0.2, 0.25) is 0 Å². The number of hydrogen-bond donors (Lipinski definition) is 1. The number of carboxylic acids is 1. The summed E-state index contributed by atoms with van der Waals surface area (Å²) in [5, 5.41) is 8.59. The monoisotopic (exact) mass is 252 g/mol. The predicted molar refractivity (Wildman–Crippen MR) is 63.4 cm³/mol. The lowest BCUT2D eigenvalue weighted by molar-refractivity contribution is -0.145. The molecule has 1 N–H and O–H groups in total. The number of thioether (sulfide) groups is 1. The molecule has 0 radical (unpaired) electrons. The molecule has 90 valence electrons. The Bertz CT molecular complexity index is 424. The van der Waals surface area contributed by atoms with Crippen molar-refractivity contribution in [1.82, 2.24) is 9.88 Å². The Kier molecular flexibility index (Phi) is 3.63. The van der Waals surface area contributed by atoms with Crippen molar-refractivity contribution in [1.29, 1.82) is 0 Å². The van der Waals surface area contributed by atoms with Gasteiger partial charge in [-0.15, -0.1) is 11.8 Å². The van der Waals surface area contributed by atoms with Gasteiger partial charge < -0.3 is 10.0 Å². The van der Waals surface area contributed by atoms with Crippen molar-refractivity contribution in [3.05, 3.63) is 30.1 Å². The second kappa shape index (κ2) is 5.18. The van der Waals surface area contributed by atoms with Crippen LogP contribution in [0.4, 0.5) is 0 Å². The highest BCUT2D eigenvalue weighted by Gasteiger charge is 2.31. The van der Waals surface area contributed by atoms with Crippen LogP contribution in [0.25, 0.3) is 0 Å². The summed E-state index contributed by atoms with van der Waals surface area (Å²) in [5.41, 5.74) is 0.867. The maximum atomic E-state index is 11.7. The van der Waals surface area contributed by atoms with E-state index in [4.69, 9.17) is 5.11 Å². The van der Waals surface area contributed by atoms with Crippen LogP contribution in [0.5, 0.6) is 0 Å². The average molecular weight is 252 g/mol. The highest BCUT2D eigenvalue weighted by atomic mass is 32.2. The van der Waals surface area contributed by atoms with E-state index in [1.165, 1.54) is 4.90 Å². The molecule has 2 rings (SSSR count). The van der Waals surface area contributed by atoms with Gasteiger partial charge in [-0.05, 0) is 6.07 Å². The molecule has 1 aliphatic rings. The van der Waals surface area contributed by atoms with Crippen molar-refractivity contribution < 1.29 is 14.7 Å². The van der Waals surface area contributed by atoms with Gasteiger partial charge in [0.1, 0.15) is 11.9 Å². The zero-order valence-electron chi connectivity index (χ0n) is 9.07. The number of aromatic nitrogens is 1. The van der Waals surface area contributed by atoms with Crippen molar-refractivity contribution in [2.75, 3.05) is 12.3 Å². The van der Waals surface area contributed by atoms with Gasteiger partial charge in [0.05, 0.1) is 0 Å². The molecule has 0 saturated carbocycles. The van der Waals surface area contributed by atoms with Gasteiger partial charge in [-0.2, -0.15) is 0 Å². The molecule has 1 aromatic rings. The molecule has 0 bridgehead atoms. The van der Waals surface area contributed by atoms with Gasteiger partial charge in [0.25, 0.3) is 0 Å². The molecule has 2 heterocycles. The zero-order chi connectivity index (χ0) is 12.3. The van der Waals surface area contributed by atoms with E-state index in [2.05, 4.69) is 4.98 Å². The number of amides is 1. The van der Waals surface area contributed by atoms with Gasteiger partial charge in [0.2, 0.25) is 5.91 Å². The molecule has 5 nitrogen and oxygen atoms in total. The fourth-order valence-corrected chi connectivity index (χ4v) is 2.96. The summed E-state index contributed by atoms with van der Waals surface area (Å²) in [6, 6.07) is 3.64. The molecule has 0 aliphatic carbocycles. The van der Waals surface area contributed by atoms with Crippen molar-refractivity contribution in [2.24, 2.45) is 0 Å². The molecule has 1 amide bonds. The minimum Gasteiger partial charge on any atom is -0.480 e. The first-order valence-corrected chi connectivity index (χ1v) is 6.26. The Morgan fingerprint density at radius 3 is 3.12 bits per heavy atom. The fourth-order valence-electron chi connectivity index (χ4n) is 1.74. The lowest BCUT2D eigenvalue weighted by Crippen LogP contribution is -2.40. The number of rotatable bonds is 3. The third-order valence-corrected chi connectivity index (χ3v) is 3.75. The Morgan fingerprint density at radius 2 is 2.47 bits per heavy atom. The van der Waals surface area contributed by atoms with Gasteiger partial charge >= 0.3 is 5.97 Å². The molecule has 1 saturated heterocycles. The summed E-state index contributed by atoms with van der Waals surface area (Å²) >= 11 is 1.57. The summed E-state index contributed by atoms with van der Waals surface area (Å²) in [5.74, 6) is -0.385. The van der Waals surface area contributed by atoms with Crippen molar-refractivity contribution in [3.8, 4) is 0 Å². The topological polar surface area (TPSA) is 70.5 Å². The van der Waals surface area contributed by atoms with E-state index in [9.17, 15) is 9.59 Å². The minimum atomic E-state index is -0.991. The van der Waals surface area contributed by atoms with E-state index in [-0.39, 0.29) is 17.8 Å². The second-order valence-corrected chi connectivity index (χ2v) is 4.86. The normalized spacial score (nSPS) is 20.4. The summed E-state index contributed by atoms with van der Waals surface area (Å²) < 4.78 is 0. The Morgan fingerprint density at radius 1 is 1.65 bits per heavy atom. The molecule has 1 unspecified atom stereocenters. The SMILES string of the molecule is O=C(O)CN1C(=O)CCSC1c1cccnc1. The third-order valence-electron chi connectivity index (χ3n) is 2.47. The van der Waals surface area contributed by atoms with Crippen LogP contribution in [0.1, 0.15) is 17.4 Å². The zero-order valence-corrected chi connectivity index (χ0v) is 9.89. The molecule has 1 aliphatic heterocycles. The average Bonchev–Trinajstić information content (AvgIpc) is 2.32. The van der Waals surface area contributed by atoms with Crippen LogP contribution >= 0.6 is 11.8 Å². The van der Waals surface area contributed by atoms with Crippen LogP contribution in [0.3, 0.4) is 0 Å². The van der Waals surface area contributed by atoms with E-state index < -0.39 is 5.97 Å². The quantitative estimate of drug-likeness (QED) is 0.873. The highest BCUT2D eigenvalue weighted by molar-refractivity contribution is 7.99. The molecule has 1 fully saturated rings. The number of nitrogens with zero attached hydrogens (tertiary/aromatic N) is 2. The van der Waals surface area contributed by atoms with Gasteiger partial charge in [-0.25, -0.2) is 0 Å². The molecule has 1 atom stereocenters. The van der Waals surface area contributed by atoms with Crippen molar-refractivity contribution in [3.63, 3.8) is 0 Å². The van der Waals surface area contributed by atoms with E-state index in [0.717, 1.165) is 5.56 Å². The minimum absolute atomic E-state index is 0.111. The summed E-state index contributed by atoms with van der Waals surface area (Å²) in [7, 11) is 0. The molecule has 0 aromatic carbocycles. The lowest BCUT2D eigenvalue weighted by atomic mass is 10.2. The van der Waals surface area contributed by atoms with Gasteiger partial charge in [0.15, 0.2) is 0 Å². The van der Waals surface area contributed by atoms with E-state index >= 15 is 0 Å². The van der Waals surface area contributed by atoms with Crippen molar-refractivity contribution in [2.45, 2.75) is 11.8 Å². The Balaban J connectivity index is 2.23. The second-order valence-electron chi connectivity index (χ2n) is 3.67. The standard InChI is InChI=1S/C11H12N2O3S/c14-9-3-5-17-11(13(9)7-10(15)16)8-2-1-4-12-6-8/h1-2,4,6,11H,3,5,7H2,(H,15,16). The van der Waals surface area contributed by atoms with Crippen LogP contribution < -0.4 is 0 Å². The Labute approximate surface area is 103 Å². The smallest absolute Gasteiger partial charge is 0.323 e. The van der Waals surface area contributed by atoms with E-state index in [0.29, 0.717) is 12.2 Å². The first kappa shape index (κ1) is 11.9. The molecular weight excluding hydrogens is 240 g/mol. The summed E-state index contributed by atoms with van der Waals surface area (Å²) in [6.07, 6.45) is 3.72. The van der Waals surface area contributed by atoms with Crippen LogP contribution in [-0.4, -0.2) is 39.2 Å². The largest absolute Gasteiger partial charge is 0.480 e. The number of carboxylic acid groups (broad SMARTS) is 1.